The fraction of sp³-hybridized carbons (Fsp3) is 0.355. The second-order valence-corrected chi connectivity index (χ2v) is 14.0. The lowest BCUT2D eigenvalue weighted by molar-refractivity contribution is -0.140. The van der Waals surface area contributed by atoms with Crippen LogP contribution in [0.2, 0.25) is 10.0 Å². The van der Waals surface area contributed by atoms with E-state index in [1.807, 2.05) is 71.0 Å². The first-order valence-corrected chi connectivity index (χ1v) is 15.8. The van der Waals surface area contributed by atoms with E-state index in [9.17, 15) is 18.0 Å². The second-order valence-electron chi connectivity index (χ2n) is 11.3. The van der Waals surface area contributed by atoms with E-state index in [0.717, 1.165) is 27.3 Å². The maximum atomic E-state index is 14.2. The molecule has 2 amide bonds. The molecule has 0 aromatic heterocycles. The van der Waals surface area contributed by atoms with E-state index >= 15 is 0 Å². The van der Waals surface area contributed by atoms with Crippen molar-refractivity contribution in [1.82, 2.24) is 10.2 Å². The van der Waals surface area contributed by atoms with E-state index < -0.39 is 34.1 Å². The number of hydrogen-bond acceptors (Lipinski definition) is 4. The maximum absolute atomic E-state index is 14.2. The van der Waals surface area contributed by atoms with Crippen LogP contribution in [-0.4, -0.2) is 49.5 Å². The Morgan fingerprint density at radius 3 is 2.10 bits per heavy atom. The molecule has 3 aromatic rings. The molecule has 0 aliphatic rings. The normalized spacial score (nSPS) is 12.5. The van der Waals surface area contributed by atoms with Crippen LogP contribution in [0.5, 0.6) is 0 Å². The topological polar surface area (TPSA) is 86.8 Å². The first kappa shape index (κ1) is 32.4. The van der Waals surface area contributed by atoms with Crippen LogP contribution in [0.25, 0.3) is 0 Å². The van der Waals surface area contributed by atoms with Gasteiger partial charge in [-0.15, -0.1) is 0 Å². The molecule has 0 fully saturated rings. The number of carbonyl (C=O) groups is 2. The molecular weight excluding hydrogens is 581 g/mol. The summed E-state index contributed by atoms with van der Waals surface area (Å²) in [5, 5.41) is 3.67. The van der Waals surface area contributed by atoms with Crippen molar-refractivity contribution in [1.29, 1.82) is 0 Å². The van der Waals surface area contributed by atoms with Gasteiger partial charge in [0.25, 0.3) is 0 Å². The van der Waals surface area contributed by atoms with Gasteiger partial charge in [0, 0.05) is 18.5 Å². The fourth-order valence-corrected chi connectivity index (χ4v) is 5.50. The smallest absolute Gasteiger partial charge is 0.244 e. The van der Waals surface area contributed by atoms with Crippen LogP contribution in [0, 0.1) is 13.8 Å². The largest absolute Gasteiger partial charge is 0.350 e. The monoisotopic (exact) mass is 617 g/mol. The van der Waals surface area contributed by atoms with Gasteiger partial charge in [-0.05, 0) is 81.1 Å². The second kappa shape index (κ2) is 13.3. The Kier molecular flexibility index (Phi) is 10.5. The number of nitrogens with zero attached hydrogens (tertiary/aromatic N) is 2. The van der Waals surface area contributed by atoms with Gasteiger partial charge in [-0.25, -0.2) is 8.42 Å². The van der Waals surface area contributed by atoms with Gasteiger partial charge in [0.2, 0.25) is 21.8 Å². The first-order chi connectivity index (χ1) is 19.0. The third-order valence-electron chi connectivity index (χ3n) is 6.56. The molecule has 220 valence electrons. The summed E-state index contributed by atoms with van der Waals surface area (Å²) < 4.78 is 27.0. The van der Waals surface area contributed by atoms with E-state index in [-0.39, 0.29) is 18.9 Å². The number of aryl methyl sites for hydroxylation is 2. The highest BCUT2D eigenvalue weighted by Crippen LogP contribution is 2.26. The maximum Gasteiger partial charge on any atom is 0.244 e. The lowest BCUT2D eigenvalue weighted by Gasteiger charge is -2.35. The van der Waals surface area contributed by atoms with Gasteiger partial charge >= 0.3 is 0 Å². The SMILES string of the molecule is Cc1ccc(N(CC(=O)N(Cc2ccc(Cl)c(Cl)c2)[C@@H](Cc2ccccc2)C(=O)NC(C)(C)C)S(C)(=O)=O)cc1C. The summed E-state index contributed by atoms with van der Waals surface area (Å²) in [6.07, 6.45) is 1.28. The number of halogens is 2. The molecule has 0 aliphatic heterocycles. The van der Waals surface area contributed by atoms with Crippen LogP contribution < -0.4 is 9.62 Å². The fourth-order valence-electron chi connectivity index (χ4n) is 4.34. The zero-order chi connectivity index (χ0) is 30.5. The van der Waals surface area contributed by atoms with E-state index in [2.05, 4.69) is 5.32 Å². The molecule has 0 unspecified atom stereocenters. The number of benzene rings is 3. The van der Waals surface area contributed by atoms with Crippen molar-refractivity contribution in [3.63, 3.8) is 0 Å². The molecule has 0 aliphatic carbocycles. The van der Waals surface area contributed by atoms with Gasteiger partial charge in [0.1, 0.15) is 12.6 Å². The summed E-state index contributed by atoms with van der Waals surface area (Å²) in [4.78, 5) is 29.4. The average Bonchev–Trinajstić information content (AvgIpc) is 2.87. The number of hydrogen-bond donors (Lipinski definition) is 1. The molecular formula is C31H37Cl2N3O4S. The predicted molar refractivity (Wildman–Crippen MR) is 167 cm³/mol. The van der Waals surface area contributed by atoms with E-state index in [1.165, 1.54) is 4.90 Å². The molecule has 10 heteroatoms. The average molecular weight is 619 g/mol. The van der Waals surface area contributed by atoms with Crippen molar-refractivity contribution >= 4 is 50.7 Å². The Labute approximate surface area is 253 Å². The van der Waals surface area contributed by atoms with Crippen molar-refractivity contribution in [2.45, 2.75) is 59.2 Å². The molecule has 0 saturated heterocycles. The lowest BCUT2D eigenvalue weighted by atomic mass is 10.0. The van der Waals surface area contributed by atoms with Crippen LogP contribution >= 0.6 is 23.2 Å². The summed E-state index contributed by atoms with van der Waals surface area (Å²) in [6, 6.07) is 18.7. The Morgan fingerprint density at radius 2 is 1.54 bits per heavy atom. The summed E-state index contributed by atoms with van der Waals surface area (Å²) in [5.74, 6) is -0.892. The molecule has 1 N–H and O–H groups in total. The quantitative estimate of drug-likeness (QED) is 0.305. The van der Waals surface area contributed by atoms with Crippen molar-refractivity contribution in [3.8, 4) is 0 Å². The van der Waals surface area contributed by atoms with E-state index in [4.69, 9.17) is 23.2 Å². The van der Waals surface area contributed by atoms with Gasteiger partial charge in [0.05, 0.1) is 22.0 Å². The zero-order valence-corrected chi connectivity index (χ0v) is 26.6. The zero-order valence-electron chi connectivity index (χ0n) is 24.2. The summed E-state index contributed by atoms with van der Waals surface area (Å²) in [5.41, 5.74) is 3.19. The van der Waals surface area contributed by atoms with Crippen LogP contribution in [0.15, 0.2) is 66.7 Å². The number of nitrogens with one attached hydrogen (secondary N) is 1. The van der Waals surface area contributed by atoms with Crippen LogP contribution in [0.4, 0.5) is 5.69 Å². The van der Waals surface area contributed by atoms with Crippen molar-refractivity contribution in [2.24, 2.45) is 0 Å². The molecule has 0 radical (unpaired) electrons. The van der Waals surface area contributed by atoms with Crippen LogP contribution in [0.1, 0.15) is 43.0 Å². The molecule has 1 atom stereocenters. The van der Waals surface area contributed by atoms with Crippen LogP contribution in [0.3, 0.4) is 0 Å². The summed E-state index contributed by atoms with van der Waals surface area (Å²) in [6.45, 7) is 8.91. The minimum Gasteiger partial charge on any atom is -0.350 e. The number of carbonyl (C=O) groups excluding carboxylic acids is 2. The Balaban J connectivity index is 2.10. The van der Waals surface area contributed by atoms with Gasteiger partial charge in [0.15, 0.2) is 0 Å². The molecule has 0 bridgehead atoms. The predicted octanol–water partition coefficient (Wildman–Crippen LogP) is 5.93. The van der Waals surface area contributed by atoms with Gasteiger partial charge < -0.3 is 10.2 Å². The molecule has 0 spiro atoms. The van der Waals surface area contributed by atoms with Gasteiger partial charge in [-0.1, -0.05) is 65.7 Å². The van der Waals surface area contributed by atoms with Gasteiger partial charge in [-0.3, -0.25) is 13.9 Å². The Hall–Kier alpha value is -3.07. The number of rotatable bonds is 10. The van der Waals surface area contributed by atoms with E-state index in [0.29, 0.717) is 21.3 Å². The lowest BCUT2D eigenvalue weighted by Crippen LogP contribution is -2.56. The molecule has 3 rings (SSSR count). The molecule has 0 saturated carbocycles. The molecule has 41 heavy (non-hydrogen) atoms. The number of amides is 2. The highest BCUT2D eigenvalue weighted by Gasteiger charge is 2.34. The minimum absolute atomic E-state index is 0.00924. The number of sulfonamides is 1. The van der Waals surface area contributed by atoms with E-state index in [1.54, 1.807) is 30.3 Å². The van der Waals surface area contributed by atoms with Crippen molar-refractivity contribution in [3.05, 3.63) is 99.0 Å². The van der Waals surface area contributed by atoms with Crippen molar-refractivity contribution < 1.29 is 18.0 Å². The number of anilines is 1. The highest BCUT2D eigenvalue weighted by molar-refractivity contribution is 7.92. The summed E-state index contributed by atoms with van der Waals surface area (Å²) >= 11 is 12.4. The molecule has 0 heterocycles. The first-order valence-electron chi connectivity index (χ1n) is 13.2. The minimum atomic E-state index is -3.85. The third-order valence-corrected chi connectivity index (χ3v) is 8.44. The van der Waals surface area contributed by atoms with Gasteiger partial charge in [-0.2, -0.15) is 0 Å². The highest BCUT2D eigenvalue weighted by atomic mass is 35.5. The standard InChI is InChI=1S/C31H37Cl2N3O4S/c1-21-12-14-25(16-22(21)2)36(41(6,39)40)20-29(37)35(19-24-13-15-26(32)27(33)17-24)28(30(38)34-31(3,4)5)18-23-10-8-7-9-11-23/h7-17,28H,18-20H2,1-6H3,(H,34,38)/t28-/m0/s1. The van der Waals surface area contributed by atoms with Crippen LogP contribution in [-0.2, 0) is 32.6 Å². The third kappa shape index (κ3) is 9.21. The summed E-state index contributed by atoms with van der Waals surface area (Å²) in [7, 11) is -3.85. The Bertz CT molecular complexity index is 1510. The van der Waals surface area contributed by atoms with Crippen molar-refractivity contribution in [2.75, 3.05) is 17.1 Å². The molecule has 3 aromatic carbocycles. The Morgan fingerprint density at radius 1 is 0.878 bits per heavy atom. The molecule has 7 nitrogen and oxygen atoms in total.